The van der Waals surface area contributed by atoms with Gasteiger partial charge in [0.25, 0.3) is 0 Å². The second-order valence-electron chi connectivity index (χ2n) is 6.92. The number of pyridine rings is 2. The minimum absolute atomic E-state index is 0.000645. The van der Waals surface area contributed by atoms with Crippen molar-refractivity contribution in [2.75, 3.05) is 13.2 Å². The molecule has 1 aliphatic heterocycles. The predicted octanol–water partition coefficient (Wildman–Crippen LogP) is 3.05. The standard InChI is InChI=1S/C20H22N2O3/c23-14-20(18-5-1-2-8-21-18)12-16(13-20)25-19-17(4-3-9-22-19)15-6-10-24-11-7-15/h1-5,8-9,14-16H,6-7,10-13H2. The summed E-state index contributed by atoms with van der Waals surface area (Å²) < 4.78 is 11.6. The lowest BCUT2D eigenvalue weighted by Gasteiger charge is -2.43. The van der Waals surface area contributed by atoms with Gasteiger partial charge in [-0.05, 0) is 37.0 Å². The molecule has 2 aliphatic rings. The van der Waals surface area contributed by atoms with E-state index in [4.69, 9.17) is 9.47 Å². The van der Waals surface area contributed by atoms with E-state index in [0.717, 1.165) is 43.6 Å². The quantitative estimate of drug-likeness (QED) is 0.784. The van der Waals surface area contributed by atoms with E-state index in [1.54, 1.807) is 12.4 Å². The van der Waals surface area contributed by atoms with E-state index < -0.39 is 5.41 Å². The lowest BCUT2D eigenvalue weighted by molar-refractivity contribution is -0.119. The summed E-state index contributed by atoms with van der Waals surface area (Å²) in [6.45, 7) is 1.58. The molecule has 0 unspecified atom stereocenters. The molecule has 0 amide bonds. The third kappa shape index (κ3) is 3.16. The maximum Gasteiger partial charge on any atom is 0.217 e. The van der Waals surface area contributed by atoms with E-state index in [9.17, 15) is 4.79 Å². The molecule has 25 heavy (non-hydrogen) atoms. The fourth-order valence-electron chi connectivity index (χ4n) is 3.84. The lowest BCUT2D eigenvalue weighted by Crippen LogP contribution is -2.49. The first-order valence-corrected chi connectivity index (χ1v) is 8.88. The van der Waals surface area contributed by atoms with Crippen LogP contribution in [0.4, 0.5) is 0 Å². The predicted molar refractivity (Wildman–Crippen MR) is 92.7 cm³/mol. The Bertz CT molecular complexity index is 723. The summed E-state index contributed by atoms with van der Waals surface area (Å²) in [4.78, 5) is 20.5. The number of nitrogens with zero attached hydrogens (tertiary/aromatic N) is 2. The Morgan fingerprint density at radius 1 is 1.08 bits per heavy atom. The first kappa shape index (κ1) is 16.2. The Labute approximate surface area is 147 Å². The van der Waals surface area contributed by atoms with Crippen molar-refractivity contribution in [2.45, 2.75) is 43.1 Å². The zero-order chi connectivity index (χ0) is 17.1. The molecule has 0 aromatic carbocycles. The number of rotatable bonds is 5. The van der Waals surface area contributed by atoms with E-state index in [1.807, 2.05) is 24.3 Å². The van der Waals surface area contributed by atoms with Crippen LogP contribution in [0.25, 0.3) is 0 Å². The van der Waals surface area contributed by atoms with Crippen molar-refractivity contribution in [1.82, 2.24) is 9.97 Å². The van der Waals surface area contributed by atoms with Crippen molar-refractivity contribution in [2.24, 2.45) is 0 Å². The van der Waals surface area contributed by atoms with Crippen LogP contribution in [-0.4, -0.2) is 35.6 Å². The number of carbonyl (C=O) groups excluding carboxylic acids is 1. The summed E-state index contributed by atoms with van der Waals surface area (Å²) in [5.41, 5.74) is 1.47. The van der Waals surface area contributed by atoms with Crippen molar-refractivity contribution < 1.29 is 14.3 Å². The van der Waals surface area contributed by atoms with Gasteiger partial charge in [0.15, 0.2) is 0 Å². The zero-order valence-corrected chi connectivity index (χ0v) is 14.1. The Morgan fingerprint density at radius 3 is 2.60 bits per heavy atom. The van der Waals surface area contributed by atoms with Gasteiger partial charge in [0.2, 0.25) is 5.88 Å². The van der Waals surface area contributed by atoms with Gasteiger partial charge < -0.3 is 14.3 Å². The van der Waals surface area contributed by atoms with Gasteiger partial charge in [0, 0.05) is 44.0 Å². The lowest BCUT2D eigenvalue weighted by atomic mass is 9.65. The molecule has 0 radical (unpaired) electrons. The number of hydrogen-bond donors (Lipinski definition) is 0. The molecule has 2 fully saturated rings. The summed E-state index contributed by atoms with van der Waals surface area (Å²) in [7, 11) is 0. The Kier molecular flexibility index (Phi) is 4.49. The molecule has 0 bridgehead atoms. The molecule has 2 aromatic rings. The minimum atomic E-state index is -0.514. The van der Waals surface area contributed by atoms with Crippen molar-refractivity contribution in [1.29, 1.82) is 0 Å². The van der Waals surface area contributed by atoms with Gasteiger partial charge in [0.1, 0.15) is 12.4 Å². The summed E-state index contributed by atoms with van der Waals surface area (Å²) in [6.07, 6.45) is 7.82. The van der Waals surface area contributed by atoms with E-state index in [1.165, 1.54) is 0 Å². The number of ether oxygens (including phenoxy) is 2. The fourth-order valence-corrected chi connectivity index (χ4v) is 3.84. The topological polar surface area (TPSA) is 61.3 Å². The second kappa shape index (κ2) is 6.92. The summed E-state index contributed by atoms with van der Waals surface area (Å²) in [5, 5.41) is 0. The SMILES string of the molecule is O=CC1(c2ccccn2)CC(Oc2ncccc2C2CCOCC2)C1. The summed E-state index contributed by atoms with van der Waals surface area (Å²) in [5.74, 6) is 1.14. The third-order valence-corrected chi connectivity index (χ3v) is 5.32. The largest absolute Gasteiger partial charge is 0.474 e. The van der Waals surface area contributed by atoms with Gasteiger partial charge in [-0.3, -0.25) is 4.98 Å². The van der Waals surface area contributed by atoms with Gasteiger partial charge in [-0.15, -0.1) is 0 Å². The summed E-state index contributed by atoms with van der Waals surface area (Å²) >= 11 is 0. The molecule has 0 atom stereocenters. The van der Waals surface area contributed by atoms with Crippen molar-refractivity contribution in [3.05, 3.63) is 54.0 Å². The average molecular weight is 338 g/mol. The molecular weight excluding hydrogens is 316 g/mol. The van der Waals surface area contributed by atoms with Crippen LogP contribution in [0.2, 0.25) is 0 Å². The Hall–Kier alpha value is -2.27. The monoisotopic (exact) mass is 338 g/mol. The molecule has 130 valence electrons. The van der Waals surface area contributed by atoms with Crippen molar-refractivity contribution in [3.8, 4) is 5.88 Å². The molecule has 5 heteroatoms. The normalized spacial score (nSPS) is 26.6. The van der Waals surface area contributed by atoms with Gasteiger partial charge in [-0.2, -0.15) is 0 Å². The number of carbonyl (C=O) groups is 1. The Balaban J connectivity index is 1.47. The first-order chi connectivity index (χ1) is 12.3. The van der Waals surface area contributed by atoms with Gasteiger partial charge in [-0.1, -0.05) is 12.1 Å². The highest BCUT2D eigenvalue weighted by Crippen LogP contribution is 2.44. The number of aromatic nitrogens is 2. The molecule has 1 saturated carbocycles. The van der Waals surface area contributed by atoms with Crippen LogP contribution in [0.5, 0.6) is 5.88 Å². The van der Waals surface area contributed by atoms with Crippen LogP contribution in [-0.2, 0) is 14.9 Å². The molecule has 5 nitrogen and oxygen atoms in total. The molecule has 2 aromatic heterocycles. The van der Waals surface area contributed by atoms with Crippen molar-refractivity contribution in [3.63, 3.8) is 0 Å². The summed E-state index contributed by atoms with van der Waals surface area (Å²) in [6, 6.07) is 9.76. The third-order valence-electron chi connectivity index (χ3n) is 5.32. The van der Waals surface area contributed by atoms with Crippen LogP contribution in [0.15, 0.2) is 42.7 Å². The van der Waals surface area contributed by atoms with E-state index in [0.29, 0.717) is 24.6 Å². The molecule has 0 N–H and O–H groups in total. The minimum Gasteiger partial charge on any atom is -0.474 e. The number of aldehydes is 1. The van der Waals surface area contributed by atoms with Crippen LogP contribution >= 0.6 is 0 Å². The number of hydrogen-bond acceptors (Lipinski definition) is 5. The highest BCUT2D eigenvalue weighted by atomic mass is 16.5. The van der Waals surface area contributed by atoms with Gasteiger partial charge >= 0.3 is 0 Å². The van der Waals surface area contributed by atoms with Gasteiger partial charge in [0.05, 0.1) is 11.1 Å². The smallest absolute Gasteiger partial charge is 0.217 e. The first-order valence-electron chi connectivity index (χ1n) is 8.88. The maximum atomic E-state index is 11.7. The van der Waals surface area contributed by atoms with E-state index in [2.05, 4.69) is 16.0 Å². The van der Waals surface area contributed by atoms with Gasteiger partial charge in [-0.25, -0.2) is 4.98 Å². The highest BCUT2D eigenvalue weighted by molar-refractivity contribution is 5.69. The molecule has 4 rings (SSSR count). The van der Waals surface area contributed by atoms with Crippen LogP contribution in [0, 0.1) is 0 Å². The van der Waals surface area contributed by atoms with E-state index in [-0.39, 0.29) is 6.10 Å². The maximum absolute atomic E-state index is 11.7. The molecule has 1 saturated heterocycles. The fraction of sp³-hybridized carbons (Fsp3) is 0.450. The molecule has 0 spiro atoms. The second-order valence-corrected chi connectivity index (χ2v) is 6.92. The van der Waals surface area contributed by atoms with E-state index >= 15 is 0 Å². The molecule has 1 aliphatic carbocycles. The van der Waals surface area contributed by atoms with Crippen LogP contribution < -0.4 is 4.74 Å². The Morgan fingerprint density at radius 2 is 1.88 bits per heavy atom. The highest BCUT2D eigenvalue weighted by Gasteiger charge is 2.48. The zero-order valence-electron chi connectivity index (χ0n) is 14.1. The van der Waals surface area contributed by atoms with Crippen molar-refractivity contribution >= 4 is 6.29 Å². The van der Waals surface area contributed by atoms with Crippen LogP contribution in [0.1, 0.15) is 42.9 Å². The van der Waals surface area contributed by atoms with Crippen LogP contribution in [0.3, 0.4) is 0 Å². The molecule has 3 heterocycles. The average Bonchev–Trinajstić information content (AvgIpc) is 2.66. The molecular formula is C20H22N2O3.